The van der Waals surface area contributed by atoms with Crippen LogP contribution in [0, 0.1) is 0 Å². The van der Waals surface area contributed by atoms with Crippen molar-refractivity contribution in [2.24, 2.45) is 7.05 Å². The van der Waals surface area contributed by atoms with E-state index in [-0.39, 0.29) is 5.92 Å². The van der Waals surface area contributed by atoms with Gasteiger partial charge in [0, 0.05) is 18.2 Å². The van der Waals surface area contributed by atoms with Gasteiger partial charge in [-0.2, -0.15) is 5.10 Å². The Kier molecular flexibility index (Phi) is 4.35. The van der Waals surface area contributed by atoms with E-state index in [9.17, 15) is 5.11 Å². The van der Waals surface area contributed by atoms with Gasteiger partial charge < -0.3 is 9.84 Å². The van der Waals surface area contributed by atoms with Gasteiger partial charge in [0.1, 0.15) is 17.0 Å². The molecule has 1 atom stereocenters. The zero-order valence-electron chi connectivity index (χ0n) is 12.1. The number of ether oxygens (including phenoxy) is 1. The second-order valence-electron chi connectivity index (χ2n) is 5.01. The highest BCUT2D eigenvalue weighted by Crippen LogP contribution is 2.37. The predicted octanol–water partition coefficient (Wildman–Crippen LogP) is 3.29. The number of hydrogen-bond acceptors (Lipinski definition) is 3. The normalized spacial score (nSPS) is 12.8. The van der Waals surface area contributed by atoms with E-state index < -0.39 is 6.10 Å². The summed E-state index contributed by atoms with van der Waals surface area (Å²) in [4.78, 5) is 0. The summed E-state index contributed by atoms with van der Waals surface area (Å²) in [5.74, 6) is 0.808. The van der Waals surface area contributed by atoms with Crippen molar-refractivity contribution in [1.29, 1.82) is 0 Å². The fourth-order valence-electron chi connectivity index (χ4n) is 2.27. The number of aryl methyl sites for hydroxylation is 1. The van der Waals surface area contributed by atoms with Crippen molar-refractivity contribution in [3.05, 3.63) is 46.2 Å². The first-order valence-electron chi connectivity index (χ1n) is 6.50. The van der Waals surface area contributed by atoms with Crippen LogP contribution >= 0.6 is 11.6 Å². The van der Waals surface area contributed by atoms with Crippen LogP contribution in [0.5, 0.6) is 5.75 Å². The maximum Gasteiger partial charge on any atom is 0.133 e. The van der Waals surface area contributed by atoms with Gasteiger partial charge in [-0.05, 0) is 12.0 Å². The van der Waals surface area contributed by atoms with E-state index in [0.29, 0.717) is 22.0 Å². The average Bonchev–Trinajstić information content (AvgIpc) is 2.74. The van der Waals surface area contributed by atoms with E-state index in [4.69, 9.17) is 16.3 Å². The Labute approximate surface area is 123 Å². The lowest BCUT2D eigenvalue weighted by atomic mass is 9.97. The molecule has 2 aromatic rings. The van der Waals surface area contributed by atoms with Crippen LogP contribution in [-0.2, 0) is 7.05 Å². The number of hydrogen-bond donors (Lipinski definition) is 1. The third kappa shape index (κ3) is 2.53. The van der Waals surface area contributed by atoms with Crippen molar-refractivity contribution in [1.82, 2.24) is 9.78 Å². The highest BCUT2D eigenvalue weighted by atomic mass is 35.5. The number of aliphatic hydroxyl groups is 1. The molecule has 0 radical (unpaired) electrons. The Balaban J connectivity index is 2.56. The summed E-state index contributed by atoms with van der Waals surface area (Å²) in [5.41, 5.74) is 2.14. The summed E-state index contributed by atoms with van der Waals surface area (Å²) in [5, 5.41) is 15.6. The molecule has 1 N–H and O–H groups in total. The number of nitrogens with zero attached hydrogens (tertiary/aromatic N) is 2. The van der Waals surface area contributed by atoms with Gasteiger partial charge in [0.15, 0.2) is 0 Å². The molecule has 1 aromatic heterocycles. The summed E-state index contributed by atoms with van der Waals surface area (Å²) in [6, 6.07) is 7.37. The number of para-hydroxylation sites is 1. The highest BCUT2D eigenvalue weighted by molar-refractivity contribution is 6.30. The van der Waals surface area contributed by atoms with Crippen LogP contribution in [0.3, 0.4) is 0 Å². The summed E-state index contributed by atoms with van der Waals surface area (Å²) in [6.45, 7) is 4.05. The fraction of sp³-hybridized carbons (Fsp3) is 0.400. The quantitative estimate of drug-likeness (QED) is 0.941. The molecule has 108 valence electrons. The Morgan fingerprint density at radius 3 is 2.55 bits per heavy atom. The number of aromatic nitrogens is 2. The van der Waals surface area contributed by atoms with Gasteiger partial charge in [0.05, 0.1) is 12.8 Å². The molecular weight excluding hydrogens is 276 g/mol. The van der Waals surface area contributed by atoms with Gasteiger partial charge >= 0.3 is 0 Å². The first-order valence-corrected chi connectivity index (χ1v) is 6.88. The number of halogens is 1. The van der Waals surface area contributed by atoms with Crippen molar-refractivity contribution in [2.45, 2.75) is 25.9 Å². The zero-order chi connectivity index (χ0) is 14.9. The third-order valence-corrected chi connectivity index (χ3v) is 3.74. The van der Waals surface area contributed by atoms with Crippen LogP contribution in [0.4, 0.5) is 0 Å². The van der Waals surface area contributed by atoms with Crippen molar-refractivity contribution >= 4 is 11.6 Å². The fourth-order valence-corrected chi connectivity index (χ4v) is 2.50. The van der Waals surface area contributed by atoms with E-state index >= 15 is 0 Å². The molecule has 0 saturated carbocycles. The molecule has 0 amide bonds. The van der Waals surface area contributed by atoms with Gasteiger partial charge in [-0.25, -0.2) is 0 Å². The minimum Gasteiger partial charge on any atom is -0.496 e. The molecule has 0 saturated heterocycles. The number of methoxy groups -OCH3 is 1. The van der Waals surface area contributed by atoms with E-state index in [1.807, 2.05) is 38.1 Å². The molecule has 1 aromatic carbocycles. The molecule has 4 nitrogen and oxygen atoms in total. The molecule has 0 aliphatic carbocycles. The topological polar surface area (TPSA) is 47.3 Å². The Bertz CT molecular complexity index is 608. The second kappa shape index (κ2) is 5.85. The molecule has 0 aliphatic rings. The SMILES string of the molecule is COc1ccccc1C(O)c1c(C(C)C)nn(C)c1Cl. The third-order valence-electron chi connectivity index (χ3n) is 3.29. The van der Waals surface area contributed by atoms with E-state index in [0.717, 1.165) is 5.69 Å². The van der Waals surface area contributed by atoms with E-state index in [2.05, 4.69) is 5.10 Å². The van der Waals surface area contributed by atoms with E-state index in [1.54, 1.807) is 18.8 Å². The number of aliphatic hydroxyl groups excluding tert-OH is 1. The zero-order valence-corrected chi connectivity index (χ0v) is 12.8. The van der Waals surface area contributed by atoms with Gasteiger partial charge in [0.2, 0.25) is 0 Å². The number of rotatable bonds is 4. The van der Waals surface area contributed by atoms with Crippen LogP contribution in [0.1, 0.15) is 42.7 Å². The summed E-state index contributed by atoms with van der Waals surface area (Å²) >= 11 is 6.30. The highest BCUT2D eigenvalue weighted by Gasteiger charge is 2.26. The van der Waals surface area contributed by atoms with Gasteiger partial charge in [0.25, 0.3) is 0 Å². The van der Waals surface area contributed by atoms with Crippen LogP contribution < -0.4 is 4.74 Å². The lowest BCUT2D eigenvalue weighted by molar-refractivity contribution is 0.213. The van der Waals surface area contributed by atoms with Gasteiger partial charge in [-0.1, -0.05) is 43.6 Å². The lowest BCUT2D eigenvalue weighted by Crippen LogP contribution is -2.05. The molecule has 1 unspecified atom stereocenters. The monoisotopic (exact) mass is 294 g/mol. The number of benzene rings is 1. The smallest absolute Gasteiger partial charge is 0.133 e. The van der Waals surface area contributed by atoms with Crippen molar-refractivity contribution in [3.63, 3.8) is 0 Å². The van der Waals surface area contributed by atoms with Gasteiger partial charge in [-0.15, -0.1) is 0 Å². The predicted molar refractivity (Wildman–Crippen MR) is 79.4 cm³/mol. The summed E-state index contributed by atoms with van der Waals surface area (Å²) in [6.07, 6.45) is -0.857. The minimum atomic E-state index is -0.857. The molecule has 1 heterocycles. The van der Waals surface area contributed by atoms with Crippen LogP contribution in [0.15, 0.2) is 24.3 Å². The maximum absolute atomic E-state index is 10.7. The minimum absolute atomic E-state index is 0.174. The summed E-state index contributed by atoms with van der Waals surface area (Å²) in [7, 11) is 3.35. The molecule has 0 aliphatic heterocycles. The van der Waals surface area contributed by atoms with Gasteiger partial charge in [-0.3, -0.25) is 4.68 Å². The first-order chi connectivity index (χ1) is 9.47. The molecule has 5 heteroatoms. The summed E-state index contributed by atoms with van der Waals surface area (Å²) < 4.78 is 6.89. The van der Waals surface area contributed by atoms with Crippen LogP contribution in [0.25, 0.3) is 0 Å². The van der Waals surface area contributed by atoms with Crippen molar-refractivity contribution in [3.8, 4) is 5.75 Å². The van der Waals surface area contributed by atoms with Crippen molar-refractivity contribution in [2.75, 3.05) is 7.11 Å². The largest absolute Gasteiger partial charge is 0.496 e. The maximum atomic E-state index is 10.7. The molecular formula is C15H19ClN2O2. The van der Waals surface area contributed by atoms with E-state index in [1.165, 1.54) is 0 Å². The molecule has 20 heavy (non-hydrogen) atoms. The lowest BCUT2D eigenvalue weighted by Gasteiger charge is -2.16. The average molecular weight is 295 g/mol. The Hall–Kier alpha value is -1.52. The standard InChI is InChI=1S/C15H19ClN2O2/c1-9(2)13-12(15(16)18(3)17-13)14(19)10-7-5-6-8-11(10)20-4/h5-9,14,19H,1-4H3. The molecule has 0 fully saturated rings. The molecule has 0 bridgehead atoms. The Morgan fingerprint density at radius 2 is 1.95 bits per heavy atom. The Morgan fingerprint density at radius 1 is 1.30 bits per heavy atom. The van der Waals surface area contributed by atoms with Crippen LogP contribution in [0.2, 0.25) is 5.15 Å². The van der Waals surface area contributed by atoms with Crippen LogP contribution in [-0.4, -0.2) is 22.0 Å². The molecule has 0 spiro atoms. The second-order valence-corrected chi connectivity index (χ2v) is 5.37. The first kappa shape index (κ1) is 14.9. The molecule has 2 rings (SSSR count). The van der Waals surface area contributed by atoms with Crippen molar-refractivity contribution < 1.29 is 9.84 Å².